The standard InChI is InChI=1S/C23H31NO5/c1-15(29-18-10-8-17(9-11-18)23(2,3)4)22(25)24-14-16-12-19(26-5)21(28-7)20(13-16)27-6/h8-13,15H,14H2,1-7H3,(H,24,25)/t15-/m0/s1. The Balaban J connectivity index is 2.00. The number of carbonyl (C=O) groups is 1. The van der Waals surface area contributed by atoms with E-state index in [1.807, 2.05) is 24.3 Å². The number of nitrogens with one attached hydrogen (secondary N) is 1. The highest BCUT2D eigenvalue weighted by atomic mass is 16.5. The summed E-state index contributed by atoms with van der Waals surface area (Å²) in [5, 5.41) is 2.88. The minimum absolute atomic E-state index is 0.0714. The SMILES string of the molecule is COc1cc(CNC(=O)[C@H](C)Oc2ccc(C(C)(C)C)cc2)cc(OC)c1OC. The van der Waals surface area contributed by atoms with Crippen molar-refractivity contribution in [2.75, 3.05) is 21.3 Å². The highest BCUT2D eigenvalue weighted by Crippen LogP contribution is 2.38. The van der Waals surface area contributed by atoms with Crippen LogP contribution in [-0.4, -0.2) is 33.3 Å². The molecule has 0 aliphatic rings. The average molecular weight is 402 g/mol. The van der Waals surface area contributed by atoms with Gasteiger partial charge in [0.25, 0.3) is 5.91 Å². The molecule has 29 heavy (non-hydrogen) atoms. The van der Waals surface area contributed by atoms with Crippen molar-refractivity contribution in [1.82, 2.24) is 5.32 Å². The third-order valence-electron chi connectivity index (χ3n) is 4.59. The minimum atomic E-state index is -0.627. The highest BCUT2D eigenvalue weighted by molar-refractivity contribution is 5.80. The molecule has 0 heterocycles. The Labute approximate surface area is 173 Å². The van der Waals surface area contributed by atoms with Gasteiger partial charge in [0.1, 0.15) is 5.75 Å². The predicted molar refractivity (Wildman–Crippen MR) is 113 cm³/mol. The maximum atomic E-state index is 12.5. The summed E-state index contributed by atoms with van der Waals surface area (Å²) in [6.45, 7) is 8.50. The van der Waals surface area contributed by atoms with Gasteiger partial charge in [-0.25, -0.2) is 0 Å². The van der Waals surface area contributed by atoms with Gasteiger partial charge in [0.2, 0.25) is 5.75 Å². The fourth-order valence-electron chi connectivity index (χ4n) is 2.86. The summed E-state index contributed by atoms with van der Waals surface area (Å²) in [7, 11) is 4.66. The normalized spacial score (nSPS) is 12.1. The van der Waals surface area contributed by atoms with Gasteiger partial charge in [-0.05, 0) is 47.7 Å². The fraction of sp³-hybridized carbons (Fsp3) is 0.435. The van der Waals surface area contributed by atoms with Crippen LogP contribution >= 0.6 is 0 Å². The van der Waals surface area contributed by atoms with E-state index in [9.17, 15) is 4.79 Å². The number of rotatable bonds is 8. The van der Waals surface area contributed by atoms with Crippen molar-refractivity contribution >= 4 is 5.91 Å². The van der Waals surface area contributed by atoms with E-state index in [0.717, 1.165) is 5.56 Å². The van der Waals surface area contributed by atoms with Crippen molar-refractivity contribution in [3.8, 4) is 23.0 Å². The zero-order valence-electron chi connectivity index (χ0n) is 18.3. The molecule has 0 unspecified atom stereocenters. The number of ether oxygens (including phenoxy) is 4. The lowest BCUT2D eigenvalue weighted by Gasteiger charge is -2.20. The number of amides is 1. The van der Waals surface area contributed by atoms with Crippen LogP contribution in [0.5, 0.6) is 23.0 Å². The second kappa shape index (κ2) is 9.54. The number of hydrogen-bond donors (Lipinski definition) is 1. The van der Waals surface area contributed by atoms with E-state index in [0.29, 0.717) is 29.5 Å². The Morgan fingerprint density at radius 3 is 1.97 bits per heavy atom. The molecule has 0 bridgehead atoms. The van der Waals surface area contributed by atoms with Crippen molar-refractivity contribution in [2.45, 2.75) is 45.8 Å². The van der Waals surface area contributed by atoms with E-state index in [1.54, 1.807) is 40.4 Å². The van der Waals surface area contributed by atoms with Gasteiger partial charge in [-0.3, -0.25) is 4.79 Å². The molecule has 1 atom stereocenters. The Bertz CT molecular complexity index is 799. The minimum Gasteiger partial charge on any atom is -0.493 e. The first-order chi connectivity index (χ1) is 13.7. The molecule has 1 N–H and O–H groups in total. The molecular formula is C23H31NO5. The third-order valence-corrected chi connectivity index (χ3v) is 4.59. The van der Waals surface area contributed by atoms with Gasteiger partial charge in [0.05, 0.1) is 21.3 Å². The number of hydrogen-bond acceptors (Lipinski definition) is 5. The first-order valence-electron chi connectivity index (χ1n) is 9.53. The Morgan fingerprint density at radius 2 is 1.52 bits per heavy atom. The summed E-state index contributed by atoms with van der Waals surface area (Å²) in [6, 6.07) is 11.4. The summed E-state index contributed by atoms with van der Waals surface area (Å²) in [5.41, 5.74) is 2.11. The number of methoxy groups -OCH3 is 3. The van der Waals surface area contributed by atoms with Gasteiger partial charge < -0.3 is 24.3 Å². The molecule has 0 aliphatic carbocycles. The molecule has 0 aromatic heterocycles. The summed E-state index contributed by atoms with van der Waals surface area (Å²) in [5.74, 6) is 2.05. The van der Waals surface area contributed by atoms with Crippen LogP contribution in [0.2, 0.25) is 0 Å². The molecule has 0 aliphatic heterocycles. The lowest BCUT2D eigenvalue weighted by atomic mass is 9.87. The maximum absolute atomic E-state index is 12.5. The molecule has 2 rings (SSSR count). The van der Waals surface area contributed by atoms with Crippen LogP contribution in [0.4, 0.5) is 0 Å². The van der Waals surface area contributed by atoms with Crippen LogP contribution < -0.4 is 24.3 Å². The fourth-order valence-corrected chi connectivity index (χ4v) is 2.86. The van der Waals surface area contributed by atoms with Gasteiger partial charge in [0.15, 0.2) is 17.6 Å². The Kier molecular flexibility index (Phi) is 7.37. The Hall–Kier alpha value is -2.89. The van der Waals surface area contributed by atoms with Crippen molar-refractivity contribution in [2.24, 2.45) is 0 Å². The summed E-state index contributed by atoms with van der Waals surface area (Å²) in [4.78, 5) is 12.5. The van der Waals surface area contributed by atoms with Crippen molar-refractivity contribution < 1.29 is 23.7 Å². The van der Waals surface area contributed by atoms with Crippen LogP contribution in [0.15, 0.2) is 36.4 Å². The largest absolute Gasteiger partial charge is 0.493 e. The lowest BCUT2D eigenvalue weighted by molar-refractivity contribution is -0.127. The maximum Gasteiger partial charge on any atom is 0.261 e. The quantitative estimate of drug-likeness (QED) is 0.722. The Morgan fingerprint density at radius 1 is 0.966 bits per heavy atom. The van der Waals surface area contributed by atoms with E-state index in [4.69, 9.17) is 18.9 Å². The van der Waals surface area contributed by atoms with E-state index in [2.05, 4.69) is 26.1 Å². The first-order valence-corrected chi connectivity index (χ1v) is 9.53. The van der Waals surface area contributed by atoms with Gasteiger partial charge in [0, 0.05) is 6.54 Å². The average Bonchev–Trinajstić information content (AvgIpc) is 2.70. The van der Waals surface area contributed by atoms with Crippen LogP contribution in [0, 0.1) is 0 Å². The second-order valence-corrected chi connectivity index (χ2v) is 7.79. The molecule has 6 heteroatoms. The molecule has 2 aromatic carbocycles. The van der Waals surface area contributed by atoms with E-state index in [-0.39, 0.29) is 11.3 Å². The zero-order valence-corrected chi connectivity index (χ0v) is 18.3. The van der Waals surface area contributed by atoms with E-state index >= 15 is 0 Å². The molecule has 158 valence electrons. The molecule has 0 fully saturated rings. The molecule has 0 saturated heterocycles. The molecular weight excluding hydrogens is 370 g/mol. The molecule has 0 spiro atoms. The third kappa shape index (κ3) is 5.79. The first kappa shape index (κ1) is 22.4. The molecule has 2 aromatic rings. The van der Waals surface area contributed by atoms with Gasteiger partial charge in [-0.2, -0.15) is 0 Å². The van der Waals surface area contributed by atoms with Crippen molar-refractivity contribution in [1.29, 1.82) is 0 Å². The van der Waals surface area contributed by atoms with Gasteiger partial charge in [-0.1, -0.05) is 32.9 Å². The summed E-state index contributed by atoms with van der Waals surface area (Å²) < 4.78 is 21.8. The molecule has 0 radical (unpaired) electrons. The van der Waals surface area contributed by atoms with Crippen molar-refractivity contribution in [3.63, 3.8) is 0 Å². The molecule has 1 amide bonds. The van der Waals surface area contributed by atoms with Crippen LogP contribution in [0.25, 0.3) is 0 Å². The second-order valence-electron chi connectivity index (χ2n) is 7.79. The topological polar surface area (TPSA) is 66.0 Å². The van der Waals surface area contributed by atoms with Crippen LogP contribution in [-0.2, 0) is 16.8 Å². The number of benzene rings is 2. The van der Waals surface area contributed by atoms with E-state index in [1.165, 1.54) is 5.56 Å². The summed E-state index contributed by atoms with van der Waals surface area (Å²) in [6.07, 6.45) is -0.627. The lowest BCUT2D eigenvalue weighted by Crippen LogP contribution is -2.35. The highest BCUT2D eigenvalue weighted by Gasteiger charge is 2.18. The molecule has 6 nitrogen and oxygen atoms in total. The van der Waals surface area contributed by atoms with Gasteiger partial charge in [-0.15, -0.1) is 0 Å². The van der Waals surface area contributed by atoms with Crippen molar-refractivity contribution in [3.05, 3.63) is 47.5 Å². The van der Waals surface area contributed by atoms with Gasteiger partial charge >= 0.3 is 0 Å². The predicted octanol–water partition coefficient (Wildman–Crippen LogP) is 4.09. The molecule has 0 saturated carbocycles. The zero-order chi connectivity index (χ0) is 21.6. The van der Waals surface area contributed by atoms with Crippen LogP contribution in [0.3, 0.4) is 0 Å². The summed E-state index contributed by atoms with van der Waals surface area (Å²) >= 11 is 0. The smallest absolute Gasteiger partial charge is 0.261 e. The van der Waals surface area contributed by atoms with E-state index < -0.39 is 6.10 Å². The monoisotopic (exact) mass is 401 g/mol. The van der Waals surface area contributed by atoms with Crippen LogP contribution in [0.1, 0.15) is 38.8 Å². The number of carbonyl (C=O) groups excluding carboxylic acids is 1.